The number of hydrogen-bond donors (Lipinski definition) is 2. The van der Waals surface area contributed by atoms with E-state index in [1.54, 1.807) is 12.3 Å². The molecule has 4 N–H and O–H groups in total. The molecule has 1 heterocycles. The first kappa shape index (κ1) is 14.0. The fourth-order valence-electron chi connectivity index (χ4n) is 1.90. The van der Waals surface area contributed by atoms with Gasteiger partial charge in [0.2, 0.25) is 0 Å². The van der Waals surface area contributed by atoms with Crippen LogP contribution in [0.15, 0.2) is 42.6 Å². The smallest absolute Gasteiger partial charge is 0.322 e. The molecule has 0 aliphatic carbocycles. The lowest BCUT2D eigenvalue weighted by Gasteiger charge is -2.09. The third-order valence-electron chi connectivity index (χ3n) is 3.03. The predicted molar refractivity (Wildman–Crippen MR) is 77.8 cm³/mol. The molecule has 0 saturated carbocycles. The van der Waals surface area contributed by atoms with Crippen molar-refractivity contribution in [2.75, 3.05) is 12.8 Å². The third kappa shape index (κ3) is 3.33. The van der Waals surface area contributed by atoms with Crippen LogP contribution < -0.4 is 11.5 Å². The number of anilines is 1. The molecule has 0 spiro atoms. The van der Waals surface area contributed by atoms with E-state index < -0.39 is 12.0 Å². The lowest BCUT2D eigenvalue weighted by atomic mass is 10.0. The molecule has 2 rings (SSSR count). The number of benzene rings is 1. The number of nitrogens with zero attached hydrogens (tertiary/aromatic N) is 1. The zero-order chi connectivity index (χ0) is 14.5. The van der Waals surface area contributed by atoms with Crippen molar-refractivity contribution in [3.8, 4) is 11.1 Å². The molecule has 2 aromatic rings. The summed E-state index contributed by atoms with van der Waals surface area (Å²) in [7, 11) is 1.33. The van der Waals surface area contributed by atoms with E-state index in [9.17, 15) is 4.79 Å². The maximum Gasteiger partial charge on any atom is 0.322 e. The molecule has 0 bridgehead atoms. The fourth-order valence-corrected chi connectivity index (χ4v) is 1.90. The van der Waals surface area contributed by atoms with Gasteiger partial charge in [0, 0.05) is 11.8 Å². The van der Waals surface area contributed by atoms with Gasteiger partial charge in [-0.1, -0.05) is 24.3 Å². The van der Waals surface area contributed by atoms with Crippen LogP contribution >= 0.6 is 0 Å². The number of esters is 1. The molecule has 1 aromatic heterocycles. The first-order chi connectivity index (χ1) is 9.60. The summed E-state index contributed by atoms with van der Waals surface area (Å²) in [6, 6.07) is 10.8. The van der Waals surface area contributed by atoms with Gasteiger partial charge in [-0.2, -0.15) is 0 Å². The van der Waals surface area contributed by atoms with Crippen molar-refractivity contribution >= 4 is 11.8 Å². The Balaban J connectivity index is 2.10. The molecule has 5 heteroatoms. The van der Waals surface area contributed by atoms with Gasteiger partial charge in [0.1, 0.15) is 11.9 Å². The Kier molecular flexibility index (Phi) is 4.32. The molecule has 1 aromatic carbocycles. The second-order valence-electron chi connectivity index (χ2n) is 4.50. The number of nitrogen functional groups attached to an aromatic ring is 1. The van der Waals surface area contributed by atoms with E-state index in [0.29, 0.717) is 12.2 Å². The highest BCUT2D eigenvalue weighted by Crippen LogP contribution is 2.20. The topological polar surface area (TPSA) is 91.2 Å². The van der Waals surface area contributed by atoms with Crippen LogP contribution in [-0.4, -0.2) is 24.1 Å². The minimum Gasteiger partial charge on any atom is -0.468 e. The van der Waals surface area contributed by atoms with E-state index in [1.165, 1.54) is 7.11 Å². The number of rotatable bonds is 4. The van der Waals surface area contributed by atoms with Crippen molar-refractivity contribution in [3.63, 3.8) is 0 Å². The van der Waals surface area contributed by atoms with Crippen molar-refractivity contribution < 1.29 is 9.53 Å². The molecular weight excluding hydrogens is 254 g/mol. The Morgan fingerprint density at radius 1 is 1.20 bits per heavy atom. The van der Waals surface area contributed by atoms with Crippen molar-refractivity contribution in [1.29, 1.82) is 0 Å². The van der Waals surface area contributed by atoms with Crippen molar-refractivity contribution in [3.05, 3.63) is 48.2 Å². The number of carbonyl (C=O) groups excluding carboxylic acids is 1. The van der Waals surface area contributed by atoms with Crippen molar-refractivity contribution in [2.24, 2.45) is 5.73 Å². The van der Waals surface area contributed by atoms with Crippen molar-refractivity contribution in [2.45, 2.75) is 12.5 Å². The number of hydrogen-bond acceptors (Lipinski definition) is 5. The molecule has 20 heavy (non-hydrogen) atoms. The molecular formula is C15H17N3O2. The van der Waals surface area contributed by atoms with Gasteiger partial charge in [-0.25, -0.2) is 4.98 Å². The number of ether oxygens (including phenoxy) is 1. The van der Waals surface area contributed by atoms with E-state index in [-0.39, 0.29) is 0 Å². The van der Waals surface area contributed by atoms with Crippen LogP contribution in [-0.2, 0) is 16.0 Å². The number of carbonyl (C=O) groups is 1. The standard InChI is InChI=1S/C15H17N3O2/c1-20-15(19)13(16)8-10-2-4-11(5-3-10)12-6-7-14(17)18-9-12/h2-7,9,13H,8,16H2,1H3,(H2,17,18). The number of methoxy groups -OCH3 is 1. The highest BCUT2D eigenvalue weighted by molar-refractivity contribution is 5.75. The second kappa shape index (κ2) is 6.16. The van der Waals surface area contributed by atoms with Gasteiger partial charge in [0.25, 0.3) is 0 Å². The van der Waals surface area contributed by atoms with Crippen molar-refractivity contribution in [1.82, 2.24) is 4.98 Å². The molecule has 0 aliphatic rings. The van der Waals surface area contributed by atoms with Gasteiger partial charge in [0.15, 0.2) is 0 Å². The first-order valence-electron chi connectivity index (χ1n) is 6.24. The third-order valence-corrected chi connectivity index (χ3v) is 3.03. The lowest BCUT2D eigenvalue weighted by molar-refractivity contribution is -0.142. The summed E-state index contributed by atoms with van der Waals surface area (Å²) in [5, 5.41) is 0. The molecule has 0 amide bonds. The van der Waals surface area contributed by atoms with Crippen LogP contribution in [0, 0.1) is 0 Å². The maximum absolute atomic E-state index is 11.3. The van der Waals surface area contributed by atoms with Gasteiger partial charge >= 0.3 is 5.97 Å². The first-order valence-corrected chi connectivity index (χ1v) is 6.24. The van der Waals surface area contributed by atoms with E-state index in [2.05, 4.69) is 9.72 Å². The molecule has 104 valence electrons. The second-order valence-corrected chi connectivity index (χ2v) is 4.50. The molecule has 0 saturated heterocycles. The predicted octanol–water partition coefficient (Wildman–Crippen LogP) is 1.37. The summed E-state index contributed by atoms with van der Waals surface area (Å²) >= 11 is 0. The van der Waals surface area contributed by atoms with Gasteiger partial charge in [0.05, 0.1) is 7.11 Å². The molecule has 0 radical (unpaired) electrons. The lowest BCUT2D eigenvalue weighted by Crippen LogP contribution is -2.33. The summed E-state index contributed by atoms with van der Waals surface area (Å²) in [5.74, 6) is 0.0891. The minimum absolute atomic E-state index is 0.406. The summed E-state index contributed by atoms with van der Waals surface area (Å²) in [5.41, 5.74) is 14.3. The number of pyridine rings is 1. The quantitative estimate of drug-likeness (QED) is 0.820. The van der Waals surface area contributed by atoms with E-state index in [4.69, 9.17) is 11.5 Å². The molecule has 0 aliphatic heterocycles. The monoisotopic (exact) mass is 271 g/mol. The Bertz CT molecular complexity index is 579. The minimum atomic E-state index is -0.635. The fraction of sp³-hybridized carbons (Fsp3) is 0.200. The Morgan fingerprint density at radius 2 is 1.85 bits per heavy atom. The molecule has 0 fully saturated rings. The van der Waals surface area contributed by atoms with Crippen LogP contribution in [0.4, 0.5) is 5.82 Å². The molecule has 5 nitrogen and oxygen atoms in total. The molecule has 1 atom stereocenters. The van der Waals surface area contributed by atoms with Gasteiger partial charge in [-0.15, -0.1) is 0 Å². The van der Waals surface area contributed by atoms with E-state index in [1.807, 2.05) is 30.3 Å². The highest BCUT2D eigenvalue weighted by Gasteiger charge is 2.14. The van der Waals surface area contributed by atoms with Crippen LogP contribution in [0.2, 0.25) is 0 Å². The SMILES string of the molecule is COC(=O)C(N)Cc1ccc(-c2ccc(N)nc2)cc1. The zero-order valence-corrected chi connectivity index (χ0v) is 11.2. The Hall–Kier alpha value is -2.40. The van der Waals surface area contributed by atoms with Crippen LogP contribution in [0.5, 0.6) is 0 Å². The Morgan fingerprint density at radius 3 is 2.40 bits per heavy atom. The Labute approximate surface area is 117 Å². The summed E-state index contributed by atoms with van der Waals surface area (Å²) in [6.45, 7) is 0. The summed E-state index contributed by atoms with van der Waals surface area (Å²) in [4.78, 5) is 15.3. The van der Waals surface area contributed by atoms with Gasteiger partial charge in [-0.3, -0.25) is 4.79 Å². The van der Waals surface area contributed by atoms with Crippen LogP contribution in [0.25, 0.3) is 11.1 Å². The van der Waals surface area contributed by atoms with Crippen LogP contribution in [0.3, 0.4) is 0 Å². The van der Waals surface area contributed by atoms with Gasteiger partial charge in [-0.05, 0) is 29.7 Å². The average Bonchev–Trinajstić information content (AvgIpc) is 2.48. The van der Waals surface area contributed by atoms with E-state index >= 15 is 0 Å². The summed E-state index contributed by atoms with van der Waals surface area (Å²) in [6.07, 6.45) is 2.18. The molecule has 1 unspecified atom stereocenters. The maximum atomic E-state index is 11.3. The number of nitrogens with two attached hydrogens (primary N) is 2. The van der Waals surface area contributed by atoms with E-state index in [0.717, 1.165) is 16.7 Å². The van der Waals surface area contributed by atoms with Gasteiger partial charge < -0.3 is 16.2 Å². The summed E-state index contributed by atoms with van der Waals surface area (Å²) < 4.78 is 4.60. The van der Waals surface area contributed by atoms with Crippen LogP contribution in [0.1, 0.15) is 5.56 Å². The number of aromatic nitrogens is 1. The normalized spacial score (nSPS) is 11.9. The largest absolute Gasteiger partial charge is 0.468 e. The highest BCUT2D eigenvalue weighted by atomic mass is 16.5. The average molecular weight is 271 g/mol. The zero-order valence-electron chi connectivity index (χ0n) is 11.2.